The highest BCUT2D eigenvalue weighted by Gasteiger charge is 2.16. The third kappa shape index (κ3) is 5.69. The number of anilines is 1. The average Bonchev–Trinajstić information content (AvgIpc) is 2.45. The number of amides is 1. The maximum Gasteiger partial charge on any atom is 0.253 e. The largest absolute Gasteiger partial charge is 0.379 e. The van der Waals surface area contributed by atoms with Gasteiger partial charge >= 0.3 is 0 Å². The Morgan fingerprint density at radius 3 is 2.50 bits per heavy atom. The maximum absolute atomic E-state index is 12.0. The van der Waals surface area contributed by atoms with E-state index < -0.39 is 6.10 Å². The Labute approximate surface area is 120 Å². The van der Waals surface area contributed by atoms with Gasteiger partial charge < -0.3 is 20.5 Å². The first-order chi connectivity index (χ1) is 9.56. The Morgan fingerprint density at radius 2 is 1.95 bits per heavy atom. The van der Waals surface area contributed by atoms with Gasteiger partial charge in [-0.1, -0.05) is 12.1 Å². The van der Waals surface area contributed by atoms with Crippen molar-refractivity contribution in [3.8, 4) is 0 Å². The Morgan fingerprint density at radius 1 is 1.30 bits per heavy atom. The van der Waals surface area contributed by atoms with E-state index in [0.717, 1.165) is 11.3 Å². The lowest BCUT2D eigenvalue weighted by atomic mass is 10.2. The SMILES string of the molecule is CCOCC(C)OC(C)C(=O)Nc1ccc(CN)cc1. The van der Waals surface area contributed by atoms with E-state index in [4.69, 9.17) is 15.2 Å². The summed E-state index contributed by atoms with van der Waals surface area (Å²) in [6.07, 6.45) is -0.644. The summed E-state index contributed by atoms with van der Waals surface area (Å²) < 4.78 is 10.8. The number of benzene rings is 1. The molecule has 0 saturated heterocycles. The minimum atomic E-state index is -0.528. The van der Waals surface area contributed by atoms with Crippen LogP contribution in [-0.2, 0) is 20.8 Å². The Kier molecular flexibility index (Phi) is 7.22. The minimum absolute atomic E-state index is 0.115. The number of nitrogens with one attached hydrogen (secondary N) is 1. The fourth-order valence-electron chi connectivity index (χ4n) is 1.70. The van der Waals surface area contributed by atoms with Gasteiger partial charge in [0.05, 0.1) is 12.7 Å². The summed E-state index contributed by atoms with van der Waals surface area (Å²) in [5, 5.41) is 2.81. The lowest BCUT2D eigenvalue weighted by Crippen LogP contribution is -2.32. The summed E-state index contributed by atoms with van der Waals surface area (Å²) in [6.45, 7) is 7.15. The molecule has 2 atom stereocenters. The van der Waals surface area contributed by atoms with Crippen LogP contribution in [0.4, 0.5) is 5.69 Å². The van der Waals surface area contributed by atoms with Crippen LogP contribution >= 0.6 is 0 Å². The standard InChI is InChI=1S/C15H24N2O3/c1-4-19-10-11(2)20-12(3)15(18)17-14-7-5-13(9-16)6-8-14/h5-8,11-12H,4,9-10,16H2,1-3H3,(H,17,18). The zero-order valence-corrected chi connectivity index (χ0v) is 12.4. The molecule has 0 aromatic heterocycles. The molecule has 0 aliphatic carbocycles. The quantitative estimate of drug-likeness (QED) is 0.763. The van der Waals surface area contributed by atoms with Crippen LogP contribution in [-0.4, -0.2) is 31.3 Å². The predicted octanol–water partition coefficient (Wildman–Crippen LogP) is 1.91. The molecule has 0 aliphatic heterocycles. The molecule has 0 bridgehead atoms. The molecule has 20 heavy (non-hydrogen) atoms. The van der Waals surface area contributed by atoms with Gasteiger partial charge in [-0.05, 0) is 38.5 Å². The Hall–Kier alpha value is -1.43. The highest BCUT2D eigenvalue weighted by molar-refractivity contribution is 5.93. The van der Waals surface area contributed by atoms with Gasteiger partial charge in [-0.3, -0.25) is 4.79 Å². The van der Waals surface area contributed by atoms with Gasteiger partial charge in [0.1, 0.15) is 6.10 Å². The smallest absolute Gasteiger partial charge is 0.253 e. The minimum Gasteiger partial charge on any atom is -0.379 e. The molecular formula is C15H24N2O3. The van der Waals surface area contributed by atoms with Gasteiger partial charge in [-0.15, -0.1) is 0 Å². The fraction of sp³-hybridized carbons (Fsp3) is 0.533. The van der Waals surface area contributed by atoms with E-state index >= 15 is 0 Å². The maximum atomic E-state index is 12.0. The van der Waals surface area contributed by atoms with Crippen LogP contribution in [0.25, 0.3) is 0 Å². The van der Waals surface area contributed by atoms with Crippen molar-refractivity contribution in [2.45, 2.75) is 39.5 Å². The number of rotatable bonds is 8. The lowest BCUT2D eigenvalue weighted by Gasteiger charge is -2.18. The first kappa shape index (κ1) is 16.6. The van der Waals surface area contributed by atoms with Gasteiger partial charge in [-0.2, -0.15) is 0 Å². The topological polar surface area (TPSA) is 73.6 Å². The summed E-state index contributed by atoms with van der Waals surface area (Å²) in [5.74, 6) is -0.172. The van der Waals surface area contributed by atoms with Gasteiger partial charge in [0, 0.05) is 18.8 Å². The summed E-state index contributed by atoms with van der Waals surface area (Å²) in [4.78, 5) is 12.0. The molecule has 0 saturated carbocycles. The van der Waals surface area contributed by atoms with Crippen LogP contribution < -0.4 is 11.1 Å². The lowest BCUT2D eigenvalue weighted by molar-refractivity contribution is -0.131. The average molecular weight is 280 g/mol. The van der Waals surface area contributed by atoms with Gasteiger partial charge in [-0.25, -0.2) is 0 Å². The van der Waals surface area contributed by atoms with E-state index in [0.29, 0.717) is 19.8 Å². The Balaban J connectivity index is 2.44. The third-order valence-electron chi connectivity index (χ3n) is 2.82. The molecule has 1 rings (SSSR count). The molecule has 5 nitrogen and oxygen atoms in total. The predicted molar refractivity (Wildman–Crippen MR) is 79.5 cm³/mol. The molecule has 0 radical (unpaired) electrons. The highest BCUT2D eigenvalue weighted by Crippen LogP contribution is 2.10. The van der Waals surface area contributed by atoms with E-state index in [9.17, 15) is 4.79 Å². The molecule has 1 aromatic rings. The van der Waals surface area contributed by atoms with E-state index in [1.165, 1.54) is 0 Å². The summed E-state index contributed by atoms with van der Waals surface area (Å²) in [6, 6.07) is 7.44. The van der Waals surface area contributed by atoms with Crippen molar-refractivity contribution in [1.82, 2.24) is 0 Å². The molecule has 0 fully saturated rings. The van der Waals surface area contributed by atoms with E-state index in [1.807, 2.05) is 38.1 Å². The number of carbonyl (C=O) groups excluding carboxylic acids is 1. The summed E-state index contributed by atoms with van der Waals surface area (Å²) in [5.41, 5.74) is 7.29. The van der Waals surface area contributed by atoms with Crippen molar-refractivity contribution < 1.29 is 14.3 Å². The van der Waals surface area contributed by atoms with Crippen LogP contribution in [0.15, 0.2) is 24.3 Å². The summed E-state index contributed by atoms with van der Waals surface area (Å²) in [7, 11) is 0. The van der Waals surface area contributed by atoms with Crippen LogP contribution in [0, 0.1) is 0 Å². The molecule has 3 N–H and O–H groups in total. The molecule has 0 spiro atoms. The second-order valence-electron chi connectivity index (χ2n) is 4.64. The van der Waals surface area contributed by atoms with Crippen molar-refractivity contribution in [2.24, 2.45) is 5.73 Å². The van der Waals surface area contributed by atoms with Crippen LogP contribution in [0.5, 0.6) is 0 Å². The van der Waals surface area contributed by atoms with Crippen molar-refractivity contribution in [3.05, 3.63) is 29.8 Å². The molecule has 112 valence electrons. The number of nitrogens with two attached hydrogens (primary N) is 1. The monoisotopic (exact) mass is 280 g/mol. The first-order valence-electron chi connectivity index (χ1n) is 6.89. The van der Waals surface area contributed by atoms with E-state index in [1.54, 1.807) is 6.92 Å². The first-order valence-corrected chi connectivity index (χ1v) is 6.89. The molecule has 5 heteroatoms. The molecule has 0 heterocycles. The second-order valence-corrected chi connectivity index (χ2v) is 4.64. The van der Waals surface area contributed by atoms with Crippen LogP contribution in [0.1, 0.15) is 26.3 Å². The van der Waals surface area contributed by atoms with Gasteiger partial charge in [0.25, 0.3) is 5.91 Å². The molecule has 2 unspecified atom stereocenters. The van der Waals surface area contributed by atoms with Gasteiger partial charge in [0.15, 0.2) is 0 Å². The highest BCUT2D eigenvalue weighted by atomic mass is 16.5. The van der Waals surface area contributed by atoms with Crippen molar-refractivity contribution in [2.75, 3.05) is 18.5 Å². The zero-order valence-electron chi connectivity index (χ0n) is 12.4. The molecule has 1 amide bonds. The van der Waals surface area contributed by atoms with Crippen molar-refractivity contribution in [3.63, 3.8) is 0 Å². The molecule has 1 aromatic carbocycles. The fourth-order valence-corrected chi connectivity index (χ4v) is 1.70. The number of hydrogen-bond donors (Lipinski definition) is 2. The van der Waals surface area contributed by atoms with E-state index in [-0.39, 0.29) is 12.0 Å². The van der Waals surface area contributed by atoms with Crippen LogP contribution in [0.2, 0.25) is 0 Å². The van der Waals surface area contributed by atoms with Crippen LogP contribution in [0.3, 0.4) is 0 Å². The van der Waals surface area contributed by atoms with Crippen molar-refractivity contribution >= 4 is 11.6 Å². The zero-order chi connectivity index (χ0) is 15.0. The summed E-state index contributed by atoms with van der Waals surface area (Å²) >= 11 is 0. The normalized spacial score (nSPS) is 13.8. The number of hydrogen-bond acceptors (Lipinski definition) is 4. The second kappa shape index (κ2) is 8.68. The van der Waals surface area contributed by atoms with Crippen molar-refractivity contribution in [1.29, 1.82) is 0 Å². The number of ether oxygens (including phenoxy) is 2. The van der Waals surface area contributed by atoms with E-state index in [2.05, 4.69) is 5.32 Å². The molecular weight excluding hydrogens is 256 g/mol. The number of carbonyl (C=O) groups is 1. The molecule has 0 aliphatic rings. The van der Waals surface area contributed by atoms with Gasteiger partial charge in [0.2, 0.25) is 0 Å². The Bertz CT molecular complexity index is 406. The third-order valence-corrected chi connectivity index (χ3v) is 2.82.